The number of rotatable bonds is 4. The van der Waals surface area contributed by atoms with Crippen LogP contribution >= 0.6 is 7.92 Å². The van der Waals surface area contributed by atoms with Gasteiger partial charge in [0.15, 0.2) is 0 Å². The fraction of sp³-hybridized carbons (Fsp3) is 0.200. The number of ether oxygens (including phenoxy) is 2. The Morgan fingerprint density at radius 3 is 1.83 bits per heavy atom. The zero-order valence-corrected chi connectivity index (χ0v) is 11.8. The van der Waals surface area contributed by atoms with E-state index < -0.39 is 7.92 Å². The van der Waals surface area contributed by atoms with E-state index in [0.29, 0.717) is 0 Å². The molecule has 0 amide bonds. The summed E-state index contributed by atoms with van der Waals surface area (Å²) in [7, 11) is 2.93. The zero-order valence-electron chi connectivity index (χ0n) is 10.9. The summed E-state index contributed by atoms with van der Waals surface area (Å²) in [6.45, 7) is 2.23. The SMILES string of the molecule is COc1cccc(OC)c1P(C)c1ccccc1. The van der Waals surface area contributed by atoms with E-state index in [4.69, 9.17) is 9.47 Å². The van der Waals surface area contributed by atoms with Crippen LogP contribution in [0, 0.1) is 0 Å². The Morgan fingerprint density at radius 1 is 0.778 bits per heavy atom. The predicted molar refractivity (Wildman–Crippen MR) is 78.1 cm³/mol. The Kier molecular flexibility index (Phi) is 4.22. The molecule has 3 heteroatoms. The maximum atomic E-state index is 5.47. The largest absolute Gasteiger partial charge is 0.496 e. The van der Waals surface area contributed by atoms with Crippen molar-refractivity contribution >= 4 is 18.5 Å². The Labute approximate surface area is 109 Å². The van der Waals surface area contributed by atoms with Gasteiger partial charge < -0.3 is 9.47 Å². The molecule has 0 spiro atoms. The van der Waals surface area contributed by atoms with Gasteiger partial charge in [0.25, 0.3) is 0 Å². The van der Waals surface area contributed by atoms with Gasteiger partial charge in [-0.3, -0.25) is 0 Å². The van der Waals surface area contributed by atoms with E-state index in [1.807, 2.05) is 24.3 Å². The van der Waals surface area contributed by atoms with Crippen LogP contribution in [0.3, 0.4) is 0 Å². The van der Waals surface area contributed by atoms with Crippen LogP contribution in [-0.4, -0.2) is 20.9 Å². The molecule has 0 fully saturated rings. The van der Waals surface area contributed by atoms with Gasteiger partial charge in [0.05, 0.1) is 19.5 Å². The molecule has 94 valence electrons. The summed E-state index contributed by atoms with van der Waals surface area (Å²) in [4.78, 5) is 0. The molecule has 0 radical (unpaired) electrons. The van der Waals surface area contributed by atoms with Crippen LogP contribution in [0.2, 0.25) is 0 Å². The first-order valence-corrected chi connectivity index (χ1v) is 7.56. The van der Waals surface area contributed by atoms with Crippen LogP contribution in [0.15, 0.2) is 48.5 Å². The number of methoxy groups -OCH3 is 2. The first-order chi connectivity index (χ1) is 8.77. The average molecular weight is 260 g/mol. The zero-order chi connectivity index (χ0) is 13.0. The molecule has 0 N–H and O–H groups in total. The lowest BCUT2D eigenvalue weighted by Gasteiger charge is -2.19. The molecule has 2 aromatic carbocycles. The normalized spacial score (nSPS) is 11.9. The van der Waals surface area contributed by atoms with E-state index in [-0.39, 0.29) is 0 Å². The molecule has 2 aromatic rings. The Morgan fingerprint density at radius 2 is 1.33 bits per heavy atom. The quantitative estimate of drug-likeness (QED) is 0.787. The lowest BCUT2D eigenvalue weighted by atomic mass is 10.3. The van der Waals surface area contributed by atoms with Crippen molar-refractivity contribution in [3.05, 3.63) is 48.5 Å². The van der Waals surface area contributed by atoms with E-state index >= 15 is 0 Å². The van der Waals surface area contributed by atoms with Crippen LogP contribution in [0.5, 0.6) is 11.5 Å². The maximum absolute atomic E-state index is 5.47. The van der Waals surface area contributed by atoms with E-state index in [2.05, 4.69) is 30.9 Å². The summed E-state index contributed by atoms with van der Waals surface area (Å²) in [5.74, 6) is 1.79. The molecule has 0 aliphatic carbocycles. The minimum absolute atomic E-state index is 0.474. The number of hydrogen-bond donors (Lipinski definition) is 0. The first-order valence-electron chi connectivity index (χ1n) is 5.77. The second kappa shape index (κ2) is 5.88. The molecule has 0 bridgehead atoms. The molecule has 1 unspecified atom stereocenters. The maximum Gasteiger partial charge on any atom is 0.130 e. The minimum atomic E-state index is -0.474. The number of benzene rings is 2. The van der Waals surface area contributed by atoms with E-state index in [9.17, 15) is 0 Å². The van der Waals surface area contributed by atoms with Crippen molar-refractivity contribution in [1.29, 1.82) is 0 Å². The van der Waals surface area contributed by atoms with E-state index in [1.54, 1.807) is 14.2 Å². The fourth-order valence-electron chi connectivity index (χ4n) is 1.94. The van der Waals surface area contributed by atoms with Crippen LogP contribution < -0.4 is 20.1 Å². The van der Waals surface area contributed by atoms with Gasteiger partial charge in [0, 0.05) is 0 Å². The second-order valence-electron chi connectivity index (χ2n) is 3.91. The molecular weight excluding hydrogens is 243 g/mol. The molecule has 1 atom stereocenters. The van der Waals surface area contributed by atoms with Crippen molar-refractivity contribution in [1.82, 2.24) is 0 Å². The summed E-state index contributed by atoms with van der Waals surface area (Å²) >= 11 is 0. The summed E-state index contributed by atoms with van der Waals surface area (Å²) in [6, 6.07) is 16.4. The lowest BCUT2D eigenvalue weighted by Crippen LogP contribution is -2.15. The topological polar surface area (TPSA) is 18.5 Å². The molecule has 0 heterocycles. The van der Waals surface area contributed by atoms with Crippen molar-refractivity contribution in [2.24, 2.45) is 0 Å². The summed E-state index contributed by atoms with van der Waals surface area (Å²) in [5.41, 5.74) is 0. The predicted octanol–water partition coefficient (Wildman–Crippen LogP) is 2.77. The van der Waals surface area contributed by atoms with E-state index in [0.717, 1.165) is 16.8 Å². The smallest absolute Gasteiger partial charge is 0.130 e. The van der Waals surface area contributed by atoms with Gasteiger partial charge in [-0.25, -0.2) is 0 Å². The third-order valence-electron chi connectivity index (χ3n) is 2.88. The highest BCUT2D eigenvalue weighted by Gasteiger charge is 2.17. The Hall–Kier alpha value is -1.53. The molecule has 0 saturated heterocycles. The molecule has 2 nitrogen and oxygen atoms in total. The van der Waals surface area contributed by atoms with Gasteiger partial charge >= 0.3 is 0 Å². The van der Waals surface area contributed by atoms with Crippen molar-refractivity contribution in [3.63, 3.8) is 0 Å². The van der Waals surface area contributed by atoms with Gasteiger partial charge in [-0.05, 0) is 32.0 Å². The van der Waals surface area contributed by atoms with Crippen LogP contribution in [-0.2, 0) is 0 Å². The summed E-state index contributed by atoms with van der Waals surface area (Å²) < 4.78 is 10.9. The highest BCUT2D eigenvalue weighted by molar-refractivity contribution is 7.72. The lowest BCUT2D eigenvalue weighted by molar-refractivity contribution is 0.401. The molecule has 0 aliphatic heterocycles. The van der Waals surface area contributed by atoms with E-state index in [1.165, 1.54) is 5.30 Å². The molecular formula is C15H17O2P. The van der Waals surface area contributed by atoms with Crippen molar-refractivity contribution in [2.45, 2.75) is 0 Å². The fourth-order valence-corrected chi connectivity index (χ4v) is 3.81. The first kappa shape index (κ1) is 12.9. The third-order valence-corrected chi connectivity index (χ3v) is 5.07. The highest BCUT2D eigenvalue weighted by atomic mass is 31.1. The standard InChI is InChI=1S/C15H17O2P/c1-16-13-10-7-11-14(17-2)15(13)18(3)12-8-5-4-6-9-12/h4-11H,1-3H3. The van der Waals surface area contributed by atoms with Crippen LogP contribution in [0.4, 0.5) is 0 Å². The van der Waals surface area contributed by atoms with Gasteiger partial charge in [0.1, 0.15) is 11.5 Å². The van der Waals surface area contributed by atoms with Gasteiger partial charge in [0.2, 0.25) is 0 Å². The average Bonchev–Trinajstić information content (AvgIpc) is 2.46. The molecule has 0 aromatic heterocycles. The summed E-state index contributed by atoms with van der Waals surface area (Å²) in [6.07, 6.45) is 0. The Balaban J connectivity index is 2.49. The monoisotopic (exact) mass is 260 g/mol. The van der Waals surface area contributed by atoms with Crippen molar-refractivity contribution < 1.29 is 9.47 Å². The van der Waals surface area contributed by atoms with Crippen LogP contribution in [0.25, 0.3) is 0 Å². The molecule has 0 saturated carbocycles. The molecule has 18 heavy (non-hydrogen) atoms. The highest BCUT2D eigenvalue weighted by Crippen LogP contribution is 2.37. The van der Waals surface area contributed by atoms with Crippen molar-refractivity contribution in [2.75, 3.05) is 20.9 Å². The Bertz CT molecular complexity index is 489. The minimum Gasteiger partial charge on any atom is -0.496 e. The van der Waals surface area contributed by atoms with Crippen molar-refractivity contribution in [3.8, 4) is 11.5 Å². The van der Waals surface area contributed by atoms with Crippen LogP contribution in [0.1, 0.15) is 0 Å². The third kappa shape index (κ3) is 2.49. The molecule has 0 aliphatic rings. The van der Waals surface area contributed by atoms with Gasteiger partial charge in [-0.1, -0.05) is 36.4 Å². The second-order valence-corrected chi connectivity index (χ2v) is 5.99. The van der Waals surface area contributed by atoms with Gasteiger partial charge in [-0.15, -0.1) is 0 Å². The summed E-state index contributed by atoms with van der Waals surface area (Å²) in [5, 5.41) is 2.47. The molecule has 2 rings (SSSR count). The van der Waals surface area contributed by atoms with Gasteiger partial charge in [-0.2, -0.15) is 0 Å². The number of hydrogen-bond acceptors (Lipinski definition) is 2.